The number of carbonyl (C=O) groups is 2. The Labute approximate surface area is 136 Å². The summed E-state index contributed by atoms with van der Waals surface area (Å²) in [6.45, 7) is 0. The summed E-state index contributed by atoms with van der Waals surface area (Å²) >= 11 is 1.47. The number of nitrogens with one attached hydrogen (secondary N) is 2. The second-order valence-electron chi connectivity index (χ2n) is 4.50. The van der Waals surface area contributed by atoms with Crippen LogP contribution in [0.15, 0.2) is 24.3 Å². The van der Waals surface area contributed by atoms with Crippen molar-refractivity contribution in [1.29, 1.82) is 0 Å². The average molecular weight is 350 g/mol. The summed E-state index contributed by atoms with van der Waals surface area (Å²) in [5.74, 6) is -0.0718. The van der Waals surface area contributed by atoms with Crippen LogP contribution in [0.5, 0.6) is 0 Å². The normalized spacial score (nSPS) is 12.4. The van der Waals surface area contributed by atoms with Gasteiger partial charge in [0, 0.05) is 0 Å². The molecule has 0 heterocycles. The number of methoxy groups -OCH3 is 1. The van der Waals surface area contributed by atoms with Crippen molar-refractivity contribution in [3.63, 3.8) is 0 Å². The summed E-state index contributed by atoms with van der Waals surface area (Å²) in [4.78, 5) is 23.5. The first-order chi connectivity index (χ1) is 10.8. The minimum atomic E-state index is -4.59. The Morgan fingerprint density at radius 1 is 1.30 bits per heavy atom. The van der Waals surface area contributed by atoms with E-state index in [0.717, 1.165) is 12.1 Å². The largest absolute Gasteiger partial charge is 0.467 e. The Kier molecular flexibility index (Phi) is 7.21. The molecule has 0 saturated heterocycles. The zero-order valence-electron chi connectivity index (χ0n) is 12.6. The third-order valence-corrected chi connectivity index (χ3v) is 3.53. The Bertz CT molecular complexity index is 552. The number of amides is 2. The summed E-state index contributed by atoms with van der Waals surface area (Å²) in [6, 6.07) is 2.76. The molecule has 1 aromatic rings. The molecule has 1 atom stereocenters. The first-order valence-corrected chi connectivity index (χ1v) is 7.99. The average Bonchev–Trinajstić information content (AvgIpc) is 2.50. The number of ether oxygens (including phenoxy) is 1. The molecular formula is C14H17F3N2O3S. The van der Waals surface area contributed by atoms with Crippen molar-refractivity contribution in [2.75, 3.05) is 24.4 Å². The molecule has 0 aliphatic heterocycles. The van der Waals surface area contributed by atoms with Gasteiger partial charge in [0.1, 0.15) is 6.04 Å². The number of urea groups is 1. The van der Waals surface area contributed by atoms with E-state index >= 15 is 0 Å². The molecule has 23 heavy (non-hydrogen) atoms. The molecule has 1 unspecified atom stereocenters. The van der Waals surface area contributed by atoms with E-state index in [0.29, 0.717) is 12.2 Å². The van der Waals surface area contributed by atoms with E-state index in [-0.39, 0.29) is 5.69 Å². The van der Waals surface area contributed by atoms with E-state index < -0.39 is 29.8 Å². The first-order valence-electron chi connectivity index (χ1n) is 6.60. The summed E-state index contributed by atoms with van der Waals surface area (Å²) in [6.07, 6.45) is -2.46. The number of esters is 1. The fourth-order valence-electron chi connectivity index (χ4n) is 1.78. The Morgan fingerprint density at radius 2 is 1.96 bits per heavy atom. The second-order valence-corrected chi connectivity index (χ2v) is 5.48. The molecule has 1 rings (SSSR count). The highest BCUT2D eigenvalue weighted by Crippen LogP contribution is 2.34. The van der Waals surface area contributed by atoms with E-state index in [1.165, 1.54) is 31.0 Å². The van der Waals surface area contributed by atoms with Crippen LogP contribution >= 0.6 is 11.8 Å². The number of carbonyl (C=O) groups excluding carboxylic acids is 2. The van der Waals surface area contributed by atoms with E-state index in [1.807, 2.05) is 6.26 Å². The van der Waals surface area contributed by atoms with E-state index in [9.17, 15) is 22.8 Å². The zero-order chi connectivity index (χ0) is 17.5. The van der Waals surface area contributed by atoms with Crippen molar-refractivity contribution < 1.29 is 27.5 Å². The minimum Gasteiger partial charge on any atom is -0.467 e. The van der Waals surface area contributed by atoms with Crippen LogP contribution in [0.1, 0.15) is 12.0 Å². The van der Waals surface area contributed by atoms with Crippen molar-refractivity contribution in [3.05, 3.63) is 29.8 Å². The maximum atomic E-state index is 12.9. The highest BCUT2D eigenvalue weighted by atomic mass is 32.2. The Morgan fingerprint density at radius 3 is 2.52 bits per heavy atom. The molecule has 5 nitrogen and oxygen atoms in total. The number of alkyl halides is 3. The number of hydrogen-bond donors (Lipinski definition) is 2. The monoisotopic (exact) mass is 350 g/mol. The van der Waals surface area contributed by atoms with Crippen molar-refractivity contribution in [2.24, 2.45) is 0 Å². The molecule has 0 aliphatic carbocycles. The van der Waals surface area contributed by atoms with Crippen LogP contribution in [0, 0.1) is 0 Å². The lowest BCUT2D eigenvalue weighted by atomic mass is 10.1. The Balaban J connectivity index is 2.81. The standard InChI is InChI=1S/C14H17F3N2O3S/c1-22-12(20)11(7-8-23-2)19-13(21)18-10-6-4-3-5-9(10)14(15,16)17/h3-6,11H,7-8H2,1-2H3,(H2,18,19,21). The molecule has 0 bridgehead atoms. The quantitative estimate of drug-likeness (QED) is 0.774. The van der Waals surface area contributed by atoms with Gasteiger partial charge in [-0.1, -0.05) is 12.1 Å². The Hall–Kier alpha value is -1.90. The van der Waals surface area contributed by atoms with Gasteiger partial charge in [-0.05, 0) is 30.6 Å². The molecule has 0 aromatic heterocycles. The van der Waals surface area contributed by atoms with Crippen LogP contribution in [-0.2, 0) is 15.7 Å². The predicted molar refractivity (Wildman–Crippen MR) is 82.4 cm³/mol. The number of benzene rings is 1. The number of thioether (sulfide) groups is 1. The maximum Gasteiger partial charge on any atom is 0.418 e. The van der Waals surface area contributed by atoms with Gasteiger partial charge in [-0.3, -0.25) is 0 Å². The van der Waals surface area contributed by atoms with Crippen LogP contribution in [0.25, 0.3) is 0 Å². The zero-order valence-corrected chi connectivity index (χ0v) is 13.4. The number of rotatable bonds is 6. The van der Waals surface area contributed by atoms with Gasteiger partial charge in [0.15, 0.2) is 0 Å². The SMILES string of the molecule is COC(=O)C(CCSC)NC(=O)Nc1ccccc1C(F)(F)F. The van der Waals surface area contributed by atoms with Gasteiger partial charge in [-0.15, -0.1) is 0 Å². The molecular weight excluding hydrogens is 333 g/mol. The van der Waals surface area contributed by atoms with Gasteiger partial charge in [0.25, 0.3) is 0 Å². The fraction of sp³-hybridized carbons (Fsp3) is 0.429. The molecule has 2 N–H and O–H groups in total. The lowest BCUT2D eigenvalue weighted by Gasteiger charge is -2.18. The third kappa shape index (κ3) is 6.01. The van der Waals surface area contributed by atoms with E-state index in [4.69, 9.17) is 0 Å². The van der Waals surface area contributed by atoms with E-state index in [2.05, 4.69) is 15.4 Å². The molecule has 9 heteroatoms. The van der Waals surface area contributed by atoms with Gasteiger partial charge >= 0.3 is 18.2 Å². The number of para-hydroxylation sites is 1. The smallest absolute Gasteiger partial charge is 0.418 e. The van der Waals surface area contributed by atoms with E-state index in [1.54, 1.807) is 0 Å². The van der Waals surface area contributed by atoms with Crippen LogP contribution in [0.4, 0.5) is 23.7 Å². The van der Waals surface area contributed by atoms with Gasteiger partial charge in [-0.2, -0.15) is 24.9 Å². The van der Waals surface area contributed by atoms with Crippen LogP contribution < -0.4 is 10.6 Å². The van der Waals surface area contributed by atoms with Crippen molar-refractivity contribution in [3.8, 4) is 0 Å². The maximum absolute atomic E-state index is 12.9. The summed E-state index contributed by atoms with van der Waals surface area (Å²) in [7, 11) is 1.17. The topological polar surface area (TPSA) is 67.4 Å². The molecule has 0 fully saturated rings. The van der Waals surface area contributed by atoms with Crippen LogP contribution in [0.3, 0.4) is 0 Å². The second kappa shape index (κ2) is 8.66. The van der Waals surface area contributed by atoms with Gasteiger partial charge < -0.3 is 15.4 Å². The van der Waals surface area contributed by atoms with Crippen molar-refractivity contribution in [1.82, 2.24) is 5.32 Å². The third-order valence-electron chi connectivity index (χ3n) is 2.88. The summed E-state index contributed by atoms with van der Waals surface area (Å²) < 4.78 is 43.2. The molecule has 0 spiro atoms. The van der Waals surface area contributed by atoms with Gasteiger partial charge in [0.05, 0.1) is 18.4 Å². The molecule has 1 aromatic carbocycles. The molecule has 128 valence electrons. The molecule has 0 saturated carbocycles. The predicted octanol–water partition coefficient (Wildman–Crippen LogP) is 3.12. The highest BCUT2D eigenvalue weighted by molar-refractivity contribution is 7.98. The number of hydrogen-bond acceptors (Lipinski definition) is 4. The minimum absolute atomic E-state index is 0.308. The van der Waals surface area contributed by atoms with Crippen molar-refractivity contribution >= 4 is 29.4 Å². The van der Waals surface area contributed by atoms with Gasteiger partial charge in [0.2, 0.25) is 0 Å². The number of halogens is 3. The summed E-state index contributed by atoms with van der Waals surface area (Å²) in [5, 5.41) is 4.44. The molecule has 0 radical (unpaired) electrons. The lowest BCUT2D eigenvalue weighted by Crippen LogP contribution is -2.44. The molecule has 0 aliphatic rings. The lowest BCUT2D eigenvalue weighted by molar-refractivity contribution is -0.143. The number of anilines is 1. The molecule has 2 amide bonds. The summed E-state index contributed by atoms with van der Waals surface area (Å²) in [5.41, 5.74) is -1.35. The van der Waals surface area contributed by atoms with Crippen molar-refractivity contribution in [2.45, 2.75) is 18.6 Å². The highest BCUT2D eigenvalue weighted by Gasteiger charge is 2.33. The van der Waals surface area contributed by atoms with Gasteiger partial charge in [-0.25, -0.2) is 9.59 Å². The van der Waals surface area contributed by atoms with Crippen LogP contribution in [0.2, 0.25) is 0 Å². The fourth-order valence-corrected chi connectivity index (χ4v) is 2.25. The van der Waals surface area contributed by atoms with Crippen LogP contribution in [-0.4, -0.2) is 37.2 Å². The first kappa shape index (κ1) is 19.1.